The minimum absolute atomic E-state index is 0. The van der Waals surface area contributed by atoms with Crippen LogP contribution in [-0.4, -0.2) is 0 Å². The maximum absolute atomic E-state index is 5.01. The summed E-state index contributed by atoms with van der Waals surface area (Å²) in [6, 6.07) is 0. The van der Waals surface area contributed by atoms with E-state index in [4.69, 9.17) is 37.2 Å². The average molecular weight is 428 g/mol. The van der Waals surface area contributed by atoms with Gasteiger partial charge in [-0.15, -0.1) is 0 Å². The third kappa shape index (κ3) is 85.7. The second-order valence-corrected chi connectivity index (χ2v) is 18.1. The van der Waals surface area contributed by atoms with E-state index in [2.05, 4.69) is 31.9 Å². The fourth-order valence-corrected chi connectivity index (χ4v) is 0. The van der Waals surface area contributed by atoms with Gasteiger partial charge in [0.15, 0.2) is 0 Å². The van der Waals surface area contributed by atoms with Gasteiger partial charge < -0.3 is 31.9 Å². The largest absolute Gasteiger partial charge is 0 e. The first-order valence-corrected chi connectivity index (χ1v) is 11.6. The molecule has 0 aromatic rings. The van der Waals surface area contributed by atoms with Crippen molar-refractivity contribution in [2.75, 3.05) is 0 Å². The van der Waals surface area contributed by atoms with Gasteiger partial charge in [0.05, 0.1) is 0 Å². The molecule has 0 saturated carbocycles. The average Bonchev–Trinajstić information content (AvgIpc) is 1.27. The molecule has 0 aliphatic carbocycles. The van der Waals surface area contributed by atoms with Crippen LogP contribution in [0.4, 0.5) is 0 Å². The summed E-state index contributed by atoms with van der Waals surface area (Å²) in [6.45, 7) is 0. The van der Waals surface area contributed by atoms with Crippen molar-refractivity contribution >= 4 is 69.1 Å². The monoisotopic (exact) mass is 423 g/mol. The second kappa shape index (κ2) is 11.5. The maximum atomic E-state index is 5.01. The molecule has 0 nitrogen and oxygen atoms in total. The summed E-state index contributed by atoms with van der Waals surface area (Å²) in [5.41, 5.74) is 0. The van der Waals surface area contributed by atoms with Crippen molar-refractivity contribution in [2.24, 2.45) is 0 Å². The fourth-order valence-electron chi connectivity index (χ4n) is 0. The van der Waals surface area contributed by atoms with Gasteiger partial charge >= 0.3 is 49.6 Å². The Labute approximate surface area is 103 Å². The molecule has 0 aliphatic rings. The van der Waals surface area contributed by atoms with Crippen LogP contribution in [0, 0.1) is 4.24 Å². The normalized spacial score (nSPS) is 8.67. The predicted octanol–water partition coefficient (Wildman–Crippen LogP) is 4.65. The molecule has 8 heteroatoms. The Morgan fingerprint density at radius 3 is 1.00 bits per heavy atom. The van der Waals surface area contributed by atoms with Crippen molar-refractivity contribution in [1.29, 1.82) is 0 Å². The molecule has 0 radical (unpaired) electrons. The first-order valence-electron chi connectivity index (χ1n) is 1.19. The molecule has 0 saturated heterocycles. The van der Waals surface area contributed by atoms with Crippen LogP contribution in [0.3, 0.4) is 0 Å². The maximum Gasteiger partial charge on any atom is 0 e. The Morgan fingerprint density at radius 1 is 1.00 bits per heavy atom. The first-order chi connectivity index (χ1) is 3.41. The number of rotatable bonds is 0. The zero-order valence-electron chi connectivity index (χ0n) is 4.05. The standard InChI is InChI=1S/CHBr2.4ClH.Ti.Zn/c2-1-3;;;;;;/h1H;4*1H;;/q-1;;;;;+4;/p-4. The molecule has 54 valence electrons. The molecule has 0 atom stereocenters. The molecule has 0 unspecified atom stereocenters. The number of hydrogen-bond acceptors (Lipinski definition) is 0. The number of halogens is 6. The molecule has 0 N–H and O–H groups in total. The molecule has 0 spiro atoms. The third-order valence-electron chi connectivity index (χ3n) is 0. The molecule has 0 aromatic heterocycles. The summed E-state index contributed by atoms with van der Waals surface area (Å²) >= 11 is 2.76. The Balaban J connectivity index is -0.0000000800. The van der Waals surface area contributed by atoms with E-state index in [-0.39, 0.29) is 19.5 Å². The Morgan fingerprint density at radius 2 is 1.00 bits per heavy atom. The van der Waals surface area contributed by atoms with E-state index < -0.39 is 12.3 Å². The minimum atomic E-state index is -3.11. The van der Waals surface area contributed by atoms with Crippen LogP contribution in [0.2, 0.25) is 0 Å². The van der Waals surface area contributed by atoms with Gasteiger partial charge in [-0.2, -0.15) is 0 Å². The molecule has 0 bridgehead atoms. The molecule has 0 aliphatic heterocycles. The van der Waals surface area contributed by atoms with E-state index in [1.54, 1.807) is 4.24 Å². The van der Waals surface area contributed by atoms with E-state index in [0.717, 1.165) is 0 Å². The van der Waals surface area contributed by atoms with Crippen molar-refractivity contribution < 1.29 is 31.8 Å². The van der Waals surface area contributed by atoms with Gasteiger partial charge in [0.1, 0.15) is 0 Å². The molecular formula is CHBr2Cl4TiZn-. The Hall–Kier alpha value is 3.46. The van der Waals surface area contributed by atoms with Crippen LogP contribution in [0.5, 0.6) is 0 Å². The summed E-state index contributed by atoms with van der Waals surface area (Å²) in [5, 5.41) is 0. The van der Waals surface area contributed by atoms with E-state index in [9.17, 15) is 0 Å². The Bertz CT molecular complexity index is 42.3. The molecular weight excluding hydrogens is 427 g/mol. The zero-order valence-corrected chi connectivity index (χ0v) is 14.8. The van der Waals surface area contributed by atoms with E-state index in [0.29, 0.717) is 0 Å². The van der Waals surface area contributed by atoms with Gasteiger partial charge in [0.2, 0.25) is 0 Å². The number of hydrogen-bond donors (Lipinski definition) is 0. The van der Waals surface area contributed by atoms with Crippen molar-refractivity contribution in [3.8, 4) is 0 Å². The van der Waals surface area contributed by atoms with Crippen molar-refractivity contribution in [1.82, 2.24) is 0 Å². The zero-order chi connectivity index (χ0) is 7.21. The SMILES string of the molecule is Br[CH-]Br.[Cl][Ti]([Cl])([Cl])[Cl].[Zn]. The minimum Gasteiger partial charge on any atom is 0 e. The van der Waals surface area contributed by atoms with Crippen molar-refractivity contribution in [3.63, 3.8) is 0 Å². The summed E-state index contributed by atoms with van der Waals surface area (Å²) in [7, 11) is 20.1. The van der Waals surface area contributed by atoms with Crippen LogP contribution in [0.25, 0.3) is 0 Å². The van der Waals surface area contributed by atoms with Gasteiger partial charge in [-0.05, 0) is 0 Å². The van der Waals surface area contributed by atoms with E-state index in [1.807, 2.05) is 0 Å². The summed E-state index contributed by atoms with van der Waals surface area (Å²) in [6.07, 6.45) is 0. The van der Waals surface area contributed by atoms with Gasteiger partial charge in [0.25, 0.3) is 0 Å². The molecule has 0 fully saturated rings. The van der Waals surface area contributed by atoms with Crippen molar-refractivity contribution in [2.45, 2.75) is 0 Å². The smallest absolute Gasteiger partial charge is 0 e. The summed E-state index contributed by atoms with van der Waals surface area (Å²) in [4.78, 5) is 0. The quantitative estimate of drug-likeness (QED) is 0.390. The molecule has 0 rings (SSSR count). The van der Waals surface area contributed by atoms with Crippen LogP contribution in [0.1, 0.15) is 0 Å². The van der Waals surface area contributed by atoms with Crippen LogP contribution < -0.4 is 0 Å². The molecule has 0 heterocycles. The van der Waals surface area contributed by atoms with Crippen LogP contribution >= 0.6 is 69.1 Å². The molecule has 0 aromatic carbocycles. The van der Waals surface area contributed by atoms with Gasteiger partial charge in [0, 0.05) is 19.5 Å². The van der Waals surface area contributed by atoms with Crippen LogP contribution in [-0.2, 0) is 31.8 Å². The second-order valence-electron chi connectivity index (χ2n) is 0.511. The Kier molecular flexibility index (Phi) is 23.3. The summed E-state index contributed by atoms with van der Waals surface area (Å²) in [5.74, 6) is 0. The van der Waals surface area contributed by atoms with Gasteiger partial charge in [-0.1, -0.05) is 0 Å². The molecule has 9 heavy (non-hydrogen) atoms. The van der Waals surface area contributed by atoms with E-state index in [1.165, 1.54) is 0 Å². The summed E-state index contributed by atoms with van der Waals surface area (Å²) < 4.78 is 1.62. The first kappa shape index (κ1) is 18.3. The molecule has 0 amide bonds. The fraction of sp³-hybridized carbons (Fsp3) is 0. The topological polar surface area (TPSA) is 0 Å². The van der Waals surface area contributed by atoms with Crippen LogP contribution in [0.15, 0.2) is 0 Å². The van der Waals surface area contributed by atoms with Gasteiger partial charge in [-0.3, -0.25) is 0 Å². The van der Waals surface area contributed by atoms with Gasteiger partial charge in [-0.25, -0.2) is 4.24 Å². The predicted molar refractivity (Wildman–Crippen MR) is 45.6 cm³/mol. The van der Waals surface area contributed by atoms with E-state index >= 15 is 0 Å². The van der Waals surface area contributed by atoms with Crippen molar-refractivity contribution in [3.05, 3.63) is 4.24 Å². The third-order valence-corrected chi connectivity index (χ3v) is 0.